The summed E-state index contributed by atoms with van der Waals surface area (Å²) in [5, 5.41) is 8.26. The van der Waals surface area contributed by atoms with Crippen molar-refractivity contribution in [1.29, 1.82) is 0 Å². The fourth-order valence-corrected chi connectivity index (χ4v) is 1.11. The van der Waals surface area contributed by atoms with Crippen molar-refractivity contribution in [2.75, 3.05) is 13.7 Å². The highest BCUT2D eigenvalue weighted by Gasteiger charge is 2.04. The van der Waals surface area contributed by atoms with Crippen molar-refractivity contribution >= 4 is 12.0 Å². The normalized spacial score (nSPS) is 9.58. The molecule has 2 amide bonds. The Morgan fingerprint density at radius 1 is 1.21 bits per heavy atom. The van der Waals surface area contributed by atoms with Crippen molar-refractivity contribution in [2.24, 2.45) is 0 Å². The molecule has 1 aromatic rings. The Morgan fingerprint density at radius 2 is 1.89 bits per heavy atom. The summed E-state index contributed by atoms with van der Waals surface area (Å²) in [6.45, 7) is -0.191. The maximum atomic E-state index is 11.2. The van der Waals surface area contributed by atoms with E-state index in [1.807, 2.05) is 5.43 Å². The summed E-state index contributed by atoms with van der Waals surface area (Å²) in [6, 6.07) is 6.59. The van der Waals surface area contributed by atoms with Crippen LogP contribution in [0.5, 0.6) is 5.75 Å². The van der Waals surface area contributed by atoms with Crippen LogP contribution in [-0.2, 0) is 21.0 Å². The molecule has 8 nitrogen and oxygen atoms in total. The van der Waals surface area contributed by atoms with Crippen LogP contribution in [0.1, 0.15) is 5.56 Å². The second-order valence-corrected chi connectivity index (χ2v) is 3.37. The highest BCUT2D eigenvalue weighted by molar-refractivity contribution is 5.80. The molecule has 0 atom stereocenters. The van der Waals surface area contributed by atoms with Gasteiger partial charge in [0.15, 0.2) is 6.61 Å². The molecule has 104 valence electrons. The quantitative estimate of drug-likeness (QED) is 0.529. The molecule has 0 fully saturated rings. The van der Waals surface area contributed by atoms with Gasteiger partial charge in [-0.15, -0.1) is 0 Å². The fourth-order valence-electron chi connectivity index (χ4n) is 1.11. The van der Waals surface area contributed by atoms with Gasteiger partial charge in [-0.25, -0.2) is 15.1 Å². The van der Waals surface area contributed by atoms with Gasteiger partial charge in [0.25, 0.3) is 5.91 Å². The lowest BCUT2D eigenvalue weighted by Gasteiger charge is -2.08. The summed E-state index contributed by atoms with van der Waals surface area (Å²) in [5.74, 6) is -0.0666. The standard InChI is InChI=1S/C11H14N2O6/c1-17-11(15)13-12-10(14)7-18-9-4-2-8(3-5-9)6-19-16/h2-5,16H,6-7H2,1H3,(H,12,14)(H,13,15). The number of benzene rings is 1. The molecule has 1 rings (SSSR count). The van der Waals surface area contributed by atoms with E-state index in [4.69, 9.17) is 9.99 Å². The van der Waals surface area contributed by atoms with Crippen molar-refractivity contribution in [3.05, 3.63) is 29.8 Å². The van der Waals surface area contributed by atoms with Crippen LogP contribution in [0, 0.1) is 0 Å². The van der Waals surface area contributed by atoms with E-state index in [1.54, 1.807) is 24.3 Å². The molecule has 0 aliphatic heterocycles. The van der Waals surface area contributed by atoms with Gasteiger partial charge in [-0.1, -0.05) is 12.1 Å². The number of hydrogen-bond donors (Lipinski definition) is 3. The lowest BCUT2D eigenvalue weighted by atomic mass is 10.2. The molecular formula is C11H14N2O6. The zero-order valence-corrected chi connectivity index (χ0v) is 10.2. The summed E-state index contributed by atoms with van der Waals surface area (Å²) < 4.78 is 9.42. The van der Waals surface area contributed by atoms with Crippen molar-refractivity contribution in [2.45, 2.75) is 6.61 Å². The second kappa shape index (κ2) is 7.90. The topological polar surface area (TPSA) is 106 Å². The molecule has 0 bridgehead atoms. The van der Waals surface area contributed by atoms with Gasteiger partial charge in [0, 0.05) is 0 Å². The first-order valence-corrected chi connectivity index (χ1v) is 5.26. The van der Waals surface area contributed by atoms with Crippen molar-refractivity contribution < 1.29 is 29.2 Å². The molecule has 1 aromatic carbocycles. The predicted molar refractivity (Wildman–Crippen MR) is 63.0 cm³/mol. The zero-order chi connectivity index (χ0) is 14.1. The second-order valence-electron chi connectivity index (χ2n) is 3.37. The number of nitrogens with one attached hydrogen (secondary N) is 2. The Labute approximate surface area is 109 Å². The van der Waals surface area contributed by atoms with E-state index in [0.29, 0.717) is 5.75 Å². The number of carbonyl (C=O) groups excluding carboxylic acids is 2. The third-order valence-electron chi connectivity index (χ3n) is 2.01. The van der Waals surface area contributed by atoms with Gasteiger partial charge < -0.3 is 9.47 Å². The smallest absolute Gasteiger partial charge is 0.425 e. The average molecular weight is 270 g/mol. The van der Waals surface area contributed by atoms with Gasteiger partial charge in [0.05, 0.1) is 7.11 Å². The van der Waals surface area contributed by atoms with E-state index < -0.39 is 12.0 Å². The van der Waals surface area contributed by atoms with Gasteiger partial charge in [-0.05, 0) is 17.7 Å². The Morgan fingerprint density at radius 3 is 2.47 bits per heavy atom. The summed E-state index contributed by atoms with van der Waals surface area (Å²) in [7, 11) is 1.18. The van der Waals surface area contributed by atoms with E-state index in [9.17, 15) is 9.59 Å². The minimum Gasteiger partial charge on any atom is -0.484 e. The van der Waals surface area contributed by atoms with Crippen LogP contribution in [0.15, 0.2) is 24.3 Å². The van der Waals surface area contributed by atoms with Gasteiger partial charge in [-0.2, -0.15) is 0 Å². The maximum Gasteiger partial charge on any atom is 0.425 e. The van der Waals surface area contributed by atoms with Crippen LogP contribution in [0.3, 0.4) is 0 Å². The van der Waals surface area contributed by atoms with Gasteiger partial charge in [-0.3, -0.25) is 15.5 Å². The molecule has 0 radical (unpaired) electrons. The summed E-state index contributed by atoms with van der Waals surface area (Å²) in [4.78, 5) is 25.9. The number of hydrogen-bond acceptors (Lipinski definition) is 6. The third kappa shape index (κ3) is 5.70. The highest BCUT2D eigenvalue weighted by atomic mass is 17.1. The minimum absolute atomic E-state index is 0.0732. The Hall–Kier alpha value is -2.32. The van der Waals surface area contributed by atoms with Crippen LogP contribution >= 0.6 is 0 Å². The molecule has 0 aliphatic rings. The van der Waals surface area contributed by atoms with Crippen LogP contribution in [-0.4, -0.2) is 31.0 Å². The number of carbonyl (C=O) groups is 2. The molecule has 0 heterocycles. The van der Waals surface area contributed by atoms with Crippen LogP contribution in [0.25, 0.3) is 0 Å². The van der Waals surface area contributed by atoms with E-state index in [1.165, 1.54) is 7.11 Å². The average Bonchev–Trinajstić information content (AvgIpc) is 2.44. The van der Waals surface area contributed by atoms with Gasteiger partial charge >= 0.3 is 6.09 Å². The molecule has 0 saturated heterocycles. The van der Waals surface area contributed by atoms with E-state index >= 15 is 0 Å². The highest BCUT2D eigenvalue weighted by Crippen LogP contribution is 2.12. The van der Waals surface area contributed by atoms with Crippen LogP contribution < -0.4 is 15.6 Å². The minimum atomic E-state index is -0.776. The van der Waals surface area contributed by atoms with Gasteiger partial charge in [0.1, 0.15) is 12.4 Å². The maximum absolute atomic E-state index is 11.2. The lowest BCUT2D eigenvalue weighted by molar-refractivity contribution is -0.253. The van der Waals surface area contributed by atoms with Crippen molar-refractivity contribution in [3.63, 3.8) is 0 Å². The number of rotatable bonds is 5. The summed E-state index contributed by atoms with van der Waals surface area (Å²) in [5.41, 5.74) is 4.86. The SMILES string of the molecule is COC(=O)NNC(=O)COc1ccc(COO)cc1. The first-order valence-electron chi connectivity index (χ1n) is 5.26. The Bertz CT molecular complexity index is 420. The summed E-state index contributed by atoms with van der Waals surface area (Å²) in [6.07, 6.45) is -0.776. The van der Waals surface area contributed by atoms with E-state index in [2.05, 4.69) is 15.1 Å². The summed E-state index contributed by atoms with van der Waals surface area (Å²) >= 11 is 0. The van der Waals surface area contributed by atoms with Gasteiger partial charge in [0.2, 0.25) is 0 Å². The zero-order valence-electron chi connectivity index (χ0n) is 10.2. The lowest BCUT2D eigenvalue weighted by Crippen LogP contribution is -2.43. The first kappa shape index (κ1) is 14.7. The Balaban J connectivity index is 2.31. The number of methoxy groups -OCH3 is 1. The van der Waals surface area contributed by atoms with Crippen molar-refractivity contribution in [3.8, 4) is 5.75 Å². The van der Waals surface area contributed by atoms with E-state index in [-0.39, 0.29) is 13.2 Å². The molecule has 3 N–H and O–H groups in total. The molecule has 0 unspecified atom stereocenters. The molecular weight excluding hydrogens is 256 g/mol. The molecule has 0 aliphatic carbocycles. The molecule has 0 saturated carbocycles. The fraction of sp³-hybridized carbons (Fsp3) is 0.273. The molecule has 8 heteroatoms. The van der Waals surface area contributed by atoms with Crippen molar-refractivity contribution in [1.82, 2.24) is 10.9 Å². The molecule has 0 spiro atoms. The first-order chi connectivity index (χ1) is 9.15. The monoisotopic (exact) mass is 270 g/mol. The van der Waals surface area contributed by atoms with E-state index in [0.717, 1.165) is 5.56 Å². The predicted octanol–water partition coefficient (Wildman–Crippen LogP) is 0.442. The van der Waals surface area contributed by atoms with Crippen LogP contribution in [0.2, 0.25) is 0 Å². The number of hydrazine groups is 1. The number of amides is 2. The molecule has 0 aromatic heterocycles. The van der Waals surface area contributed by atoms with Crippen LogP contribution in [0.4, 0.5) is 4.79 Å². The largest absolute Gasteiger partial charge is 0.484 e. The number of ether oxygens (including phenoxy) is 2. The molecule has 19 heavy (non-hydrogen) atoms. The Kier molecular flexibility index (Phi) is 6.13. The third-order valence-corrected chi connectivity index (χ3v) is 2.01.